The Bertz CT molecular complexity index is 1370. The van der Waals surface area contributed by atoms with Gasteiger partial charge >= 0.3 is 0 Å². The third-order valence-electron chi connectivity index (χ3n) is 6.39. The molecule has 1 N–H and O–H groups in total. The number of aromatic nitrogens is 3. The van der Waals surface area contributed by atoms with Crippen LogP contribution in [0.5, 0.6) is 11.5 Å². The van der Waals surface area contributed by atoms with Crippen LogP contribution in [0.25, 0.3) is 22.0 Å². The number of fused-ring (bicyclic) bond motifs is 2. The molecule has 7 nitrogen and oxygen atoms in total. The van der Waals surface area contributed by atoms with E-state index in [2.05, 4.69) is 25.7 Å². The highest BCUT2D eigenvalue weighted by atomic mass is 35.5. The number of hydrogen-bond donors (Lipinski definition) is 1. The van der Waals surface area contributed by atoms with Crippen LogP contribution in [0.4, 0.5) is 0 Å². The maximum Gasteiger partial charge on any atom is 0.171 e. The van der Waals surface area contributed by atoms with Gasteiger partial charge in [0.05, 0.1) is 19.6 Å². The first kappa shape index (κ1) is 27.9. The van der Waals surface area contributed by atoms with E-state index in [4.69, 9.17) is 21.1 Å². The molecule has 0 saturated carbocycles. The lowest BCUT2D eigenvalue weighted by atomic mass is 9.89. The minimum atomic E-state index is -0.254. The largest absolute Gasteiger partial charge is 0.497 e. The molecule has 2 aromatic heterocycles. The van der Waals surface area contributed by atoms with Crippen molar-refractivity contribution in [1.82, 2.24) is 19.7 Å². The van der Waals surface area contributed by atoms with Crippen LogP contribution in [0, 0.1) is 5.92 Å². The molecule has 0 fully saturated rings. The lowest BCUT2D eigenvalue weighted by molar-refractivity contribution is 0.0856. The molecule has 4 aromatic rings. The average molecular weight is 552 g/mol. The Hall–Kier alpha value is -2.71. The quantitative estimate of drug-likeness (QED) is 0.306. The highest BCUT2D eigenvalue weighted by molar-refractivity contribution is 6.32. The Morgan fingerprint density at radius 2 is 2.06 bits per heavy atom. The fraction of sp³-hybridized carbons (Fsp3) is 0.308. The second-order valence-corrected chi connectivity index (χ2v) is 9.27. The van der Waals surface area contributed by atoms with E-state index < -0.39 is 0 Å². The minimum absolute atomic E-state index is 0. The molecule has 1 aliphatic heterocycles. The molecule has 0 spiro atoms. The van der Waals surface area contributed by atoms with Gasteiger partial charge in [0.25, 0.3) is 0 Å². The first-order chi connectivity index (χ1) is 16.4. The van der Waals surface area contributed by atoms with Crippen LogP contribution in [-0.2, 0) is 13.0 Å². The molecule has 1 atom stereocenters. The van der Waals surface area contributed by atoms with Gasteiger partial charge in [-0.3, -0.25) is 9.89 Å². The molecule has 0 aliphatic carbocycles. The second kappa shape index (κ2) is 11.6. The van der Waals surface area contributed by atoms with Crippen LogP contribution in [0.3, 0.4) is 0 Å². The predicted octanol–water partition coefficient (Wildman–Crippen LogP) is 5.53. The zero-order valence-corrected chi connectivity index (χ0v) is 22.7. The van der Waals surface area contributed by atoms with Gasteiger partial charge in [0, 0.05) is 47.5 Å². The van der Waals surface area contributed by atoms with E-state index in [1.165, 1.54) is 0 Å². The number of H-pyrrole nitrogens is 1. The van der Waals surface area contributed by atoms with E-state index in [0.29, 0.717) is 18.2 Å². The van der Waals surface area contributed by atoms with Crippen molar-refractivity contribution in [2.24, 2.45) is 5.92 Å². The van der Waals surface area contributed by atoms with Crippen LogP contribution in [0.2, 0.25) is 5.15 Å². The number of rotatable bonds is 7. The van der Waals surface area contributed by atoms with Gasteiger partial charge in [0.2, 0.25) is 0 Å². The zero-order valence-electron chi connectivity index (χ0n) is 20.3. The van der Waals surface area contributed by atoms with Gasteiger partial charge in [0.15, 0.2) is 10.9 Å². The number of ether oxygens (including phenoxy) is 2. The smallest absolute Gasteiger partial charge is 0.171 e. The zero-order chi connectivity index (χ0) is 23.8. The minimum Gasteiger partial charge on any atom is -0.497 e. The lowest BCUT2D eigenvalue weighted by Gasteiger charge is -2.24. The maximum atomic E-state index is 13.7. The molecule has 36 heavy (non-hydrogen) atoms. The van der Waals surface area contributed by atoms with Crippen molar-refractivity contribution < 1.29 is 14.3 Å². The highest BCUT2D eigenvalue weighted by Crippen LogP contribution is 2.35. The standard InChI is InChI=1S/C26H27ClN4O3.2ClH/c1-30(2)8-9-31-14-22(20-6-4-16(12-23(20)31)21-13-28-29-26(21)27)25(32)18-10-17-11-19(33-3)5-7-24(17)34-15-18;;/h4-7,11-14,18H,8-10,15H2,1-3H3,(H,28,29);2*1H/t18-;;/m0../s1. The highest BCUT2D eigenvalue weighted by Gasteiger charge is 2.29. The first-order valence-corrected chi connectivity index (χ1v) is 11.6. The fourth-order valence-electron chi connectivity index (χ4n) is 4.51. The summed E-state index contributed by atoms with van der Waals surface area (Å²) in [5.74, 6) is 1.42. The number of benzene rings is 2. The van der Waals surface area contributed by atoms with Gasteiger partial charge in [-0.25, -0.2) is 0 Å². The maximum absolute atomic E-state index is 13.7. The first-order valence-electron chi connectivity index (χ1n) is 11.3. The summed E-state index contributed by atoms with van der Waals surface area (Å²) < 4.78 is 13.4. The predicted molar refractivity (Wildman–Crippen MR) is 148 cm³/mol. The van der Waals surface area contributed by atoms with Crippen molar-refractivity contribution in [1.29, 1.82) is 0 Å². The average Bonchev–Trinajstić information content (AvgIpc) is 3.44. The van der Waals surface area contributed by atoms with E-state index in [0.717, 1.165) is 57.7 Å². The van der Waals surface area contributed by atoms with E-state index in [9.17, 15) is 4.79 Å². The summed E-state index contributed by atoms with van der Waals surface area (Å²) in [6, 6.07) is 11.8. The molecular weight excluding hydrogens is 523 g/mol. The Morgan fingerprint density at radius 3 is 2.75 bits per heavy atom. The third-order valence-corrected chi connectivity index (χ3v) is 6.67. The van der Waals surface area contributed by atoms with Crippen molar-refractivity contribution >= 4 is 53.1 Å². The topological polar surface area (TPSA) is 72.4 Å². The number of ketones is 1. The molecule has 0 radical (unpaired) electrons. The number of Topliss-reactive ketones (excluding diaryl/α,β-unsaturated/α-hetero) is 1. The number of carbonyl (C=O) groups is 1. The number of nitrogens with one attached hydrogen (secondary N) is 1. The molecule has 3 heterocycles. The molecule has 0 bridgehead atoms. The Morgan fingerprint density at radius 1 is 1.25 bits per heavy atom. The normalized spacial score (nSPS) is 14.5. The summed E-state index contributed by atoms with van der Waals surface area (Å²) in [4.78, 5) is 15.9. The summed E-state index contributed by atoms with van der Waals surface area (Å²) in [5, 5.41) is 8.20. The Kier molecular flexibility index (Phi) is 8.95. The second-order valence-electron chi connectivity index (χ2n) is 8.91. The summed E-state index contributed by atoms with van der Waals surface area (Å²) >= 11 is 6.26. The fourth-order valence-corrected chi connectivity index (χ4v) is 4.72. The van der Waals surface area contributed by atoms with Gasteiger partial charge in [-0.05, 0) is 55.9 Å². The number of aromatic amines is 1. The van der Waals surface area contributed by atoms with Gasteiger partial charge in [-0.2, -0.15) is 5.10 Å². The summed E-state index contributed by atoms with van der Waals surface area (Å²) in [5.41, 5.74) is 4.51. The van der Waals surface area contributed by atoms with Crippen molar-refractivity contribution in [3.63, 3.8) is 0 Å². The van der Waals surface area contributed by atoms with Gasteiger partial charge in [-0.1, -0.05) is 23.7 Å². The lowest BCUT2D eigenvalue weighted by Crippen LogP contribution is -2.28. The van der Waals surface area contributed by atoms with Crippen LogP contribution in [0.1, 0.15) is 15.9 Å². The van der Waals surface area contributed by atoms with E-state index in [-0.39, 0.29) is 36.5 Å². The van der Waals surface area contributed by atoms with Crippen LogP contribution >= 0.6 is 36.4 Å². The molecule has 0 unspecified atom stereocenters. The number of likely N-dealkylation sites (N-methyl/N-ethyl adjacent to an activating group) is 1. The Labute approximate surface area is 227 Å². The number of halogens is 3. The summed E-state index contributed by atoms with van der Waals surface area (Å²) in [6.07, 6.45) is 4.39. The van der Waals surface area contributed by atoms with Crippen molar-refractivity contribution in [2.75, 3.05) is 34.4 Å². The van der Waals surface area contributed by atoms with Crippen molar-refractivity contribution in [3.8, 4) is 22.6 Å². The van der Waals surface area contributed by atoms with E-state index in [1.54, 1.807) is 13.3 Å². The van der Waals surface area contributed by atoms with Gasteiger partial charge < -0.3 is 18.9 Å². The van der Waals surface area contributed by atoms with Crippen LogP contribution < -0.4 is 9.47 Å². The number of nitrogens with zero attached hydrogens (tertiary/aromatic N) is 3. The van der Waals surface area contributed by atoms with Crippen molar-refractivity contribution in [2.45, 2.75) is 13.0 Å². The van der Waals surface area contributed by atoms with Crippen LogP contribution in [-0.4, -0.2) is 59.8 Å². The molecule has 10 heteroatoms. The van der Waals surface area contributed by atoms with Gasteiger partial charge in [-0.15, -0.1) is 24.8 Å². The molecule has 0 amide bonds. The number of carbonyl (C=O) groups excluding carboxylic acids is 1. The van der Waals surface area contributed by atoms with E-state index >= 15 is 0 Å². The molecule has 0 saturated heterocycles. The van der Waals surface area contributed by atoms with Crippen LogP contribution in [0.15, 0.2) is 48.8 Å². The summed E-state index contributed by atoms with van der Waals surface area (Å²) in [6.45, 7) is 1.99. The third kappa shape index (κ3) is 5.34. The Balaban J connectivity index is 0.00000180. The monoisotopic (exact) mass is 550 g/mol. The molecule has 192 valence electrons. The molecular formula is C26H29Cl3N4O3. The summed E-state index contributed by atoms with van der Waals surface area (Å²) in [7, 11) is 5.72. The molecule has 1 aliphatic rings. The molecule has 2 aromatic carbocycles. The molecule has 5 rings (SSSR count). The SMILES string of the molecule is COc1ccc2c(c1)C[C@H](C(=O)c1cn(CCN(C)C)c3cc(-c4c[nH]nc4Cl)ccc13)CO2.Cl.Cl. The van der Waals surface area contributed by atoms with Gasteiger partial charge in [0.1, 0.15) is 11.5 Å². The number of hydrogen-bond acceptors (Lipinski definition) is 5. The van der Waals surface area contributed by atoms with E-state index in [1.807, 2.05) is 50.6 Å². The van der Waals surface area contributed by atoms with Crippen molar-refractivity contribution in [3.05, 3.63) is 65.1 Å². The number of methoxy groups -OCH3 is 1.